The first-order valence-electron chi connectivity index (χ1n) is 7.61. The van der Waals surface area contributed by atoms with Gasteiger partial charge in [-0.05, 0) is 39.7 Å². The van der Waals surface area contributed by atoms with E-state index in [0.29, 0.717) is 6.42 Å². The second kappa shape index (κ2) is 6.38. The third-order valence-electron chi connectivity index (χ3n) is 3.70. The Labute approximate surface area is 131 Å². The molecule has 1 aliphatic heterocycles. The monoisotopic (exact) mass is 304 g/mol. The first-order valence-corrected chi connectivity index (χ1v) is 7.61. The molecule has 5 nitrogen and oxygen atoms in total. The molecule has 22 heavy (non-hydrogen) atoms. The zero-order valence-electron chi connectivity index (χ0n) is 13.6. The van der Waals surface area contributed by atoms with E-state index in [1.165, 1.54) is 0 Å². The smallest absolute Gasteiger partial charge is 0.408 e. The van der Waals surface area contributed by atoms with Crippen molar-refractivity contribution in [1.29, 1.82) is 0 Å². The third kappa shape index (κ3) is 4.23. The Bertz CT molecular complexity index is 537. The zero-order valence-corrected chi connectivity index (χ0v) is 13.6. The maximum absolute atomic E-state index is 12.1. The fourth-order valence-corrected chi connectivity index (χ4v) is 2.69. The molecule has 0 radical (unpaired) electrons. The number of ether oxygens (including phenoxy) is 1. The van der Waals surface area contributed by atoms with Crippen molar-refractivity contribution >= 4 is 12.0 Å². The molecule has 0 aliphatic carbocycles. The number of amides is 2. The minimum atomic E-state index is -0.582. The van der Waals surface area contributed by atoms with Crippen LogP contribution in [0, 0.1) is 0 Å². The van der Waals surface area contributed by atoms with Crippen LogP contribution in [0.15, 0.2) is 30.3 Å². The molecule has 0 aromatic heterocycles. The molecule has 2 amide bonds. The predicted octanol–water partition coefficient (Wildman–Crippen LogP) is 2.57. The highest BCUT2D eigenvalue weighted by Gasteiger charge is 2.35. The van der Waals surface area contributed by atoms with Crippen LogP contribution in [0.25, 0.3) is 0 Å². The van der Waals surface area contributed by atoms with E-state index in [-0.39, 0.29) is 17.9 Å². The maximum Gasteiger partial charge on any atom is 0.408 e. The molecule has 1 fully saturated rings. The van der Waals surface area contributed by atoms with Crippen LogP contribution in [-0.4, -0.2) is 29.7 Å². The Balaban J connectivity index is 2.06. The van der Waals surface area contributed by atoms with Gasteiger partial charge in [-0.2, -0.15) is 0 Å². The standard InChI is InChI=1S/C17H24N2O3/c1-11-13(12-8-6-5-7-9-12)10-14(15(20)18-11)19-16(21)22-17(2,3)4/h5-9,11,13-14H,10H2,1-4H3,(H,18,20)(H,19,21). The third-order valence-corrected chi connectivity index (χ3v) is 3.70. The van der Waals surface area contributed by atoms with Gasteiger partial charge in [-0.25, -0.2) is 4.79 Å². The summed E-state index contributed by atoms with van der Waals surface area (Å²) in [6.07, 6.45) is 0.00463. The highest BCUT2D eigenvalue weighted by atomic mass is 16.6. The second-order valence-electron chi connectivity index (χ2n) is 6.75. The van der Waals surface area contributed by atoms with Gasteiger partial charge in [0.2, 0.25) is 5.91 Å². The van der Waals surface area contributed by atoms with Crippen LogP contribution in [-0.2, 0) is 9.53 Å². The van der Waals surface area contributed by atoms with E-state index >= 15 is 0 Å². The van der Waals surface area contributed by atoms with Gasteiger partial charge in [0.1, 0.15) is 11.6 Å². The maximum atomic E-state index is 12.1. The number of carbonyl (C=O) groups excluding carboxylic acids is 2. The predicted molar refractivity (Wildman–Crippen MR) is 84.6 cm³/mol. The zero-order chi connectivity index (χ0) is 16.3. The summed E-state index contributed by atoms with van der Waals surface area (Å²) in [4.78, 5) is 24.0. The van der Waals surface area contributed by atoms with E-state index in [0.717, 1.165) is 5.56 Å². The molecule has 2 rings (SSSR count). The van der Waals surface area contributed by atoms with Gasteiger partial charge in [-0.15, -0.1) is 0 Å². The number of hydrogen-bond acceptors (Lipinski definition) is 3. The van der Waals surface area contributed by atoms with E-state index in [1.807, 2.05) is 37.3 Å². The number of rotatable bonds is 2. The van der Waals surface area contributed by atoms with Crippen LogP contribution < -0.4 is 10.6 Å². The minimum Gasteiger partial charge on any atom is -0.444 e. The van der Waals surface area contributed by atoms with Crippen LogP contribution >= 0.6 is 0 Å². The summed E-state index contributed by atoms with van der Waals surface area (Å²) in [5.41, 5.74) is 0.576. The van der Waals surface area contributed by atoms with E-state index in [4.69, 9.17) is 4.74 Å². The summed E-state index contributed by atoms with van der Waals surface area (Å²) in [5, 5.41) is 5.61. The molecule has 1 saturated heterocycles. The van der Waals surface area contributed by atoms with E-state index in [2.05, 4.69) is 10.6 Å². The normalized spacial score (nSPS) is 25.3. The molecular weight excluding hydrogens is 280 g/mol. The van der Waals surface area contributed by atoms with Crippen molar-refractivity contribution in [3.63, 3.8) is 0 Å². The molecule has 3 atom stereocenters. The number of benzene rings is 1. The van der Waals surface area contributed by atoms with Crippen LogP contribution in [0.5, 0.6) is 0 Å². The van der Waals surface area contributed by atoms with Crippen LogP contribution in [0.4, 0.5) is 4.79 Å². The van der Waals surface area contributed by atoms with Crippen molar-refractivity contribution in [1.82, 2.24) is 10.6 Å². The number of nitrogens with one attached hydrogen (secondary N) is 2. The largest absolute Gasteiger partial charge is 0.444 e. The fraction of sp³-hybridized carbons (Fsp3) is 0.529. The number of piperidine rings is 1. The van der Waals surface area contributed by atoms with Crippen molar-refractivity contribution < 1.29 is 14.3 Å². The lowest BCUT2D eigenvalue weighted by Gasteiger charge is -2.35. The first kappa shape index (κ1) is 16.3. The van der Waals surface area contributed by atoms with Gasteiger partial charge >= 0.3 is 6.09 Å². The van der Waals surface area contributed by atoms with Crippen LogP contribution in [0.2, 0.25) is 0 Å². The minimum absolute atomic E-state index is 0.0339. The Morgan fingerprint density at radius 3 is 2.50 bits per heavy atom. The molecule has 1 aromatic carbocycles. The lowest BCUT2D eigenvalue weighted by atomic mass is 9.83. The SMILES string of the molecule is CC1NC(=O)C(NC(=O)OC(C)(C)C)CC1c1ccccc1. The van der Waals surface area contributed by atoms with E-state index < -0.39 is 17.7 Å². The highest BCUT2D eigenvalue weighted by Crippen LogP contribution is 2.28. The number of carbonyl (C=O) groups is 2. The summed E-state index contributed by atoms with van der Waals surface area (Å²) in [5.74, 6) is 0.00405. The summed E-state index contributed by atoms with van der Waals surface area (Å²) in [6, 6.07) is 9.48. The Morgan fingerprint density at radius 2 is 1.91 bits per heavy atom. The molecule has 120 valence electrons. The van der Waals surface area contributed by atoms with Gasteiger partial charge in [0, 0.05) is 12.0 Å². The fourth-order valence-electron chi connectivity index (χ4n) is 2.69. The molecule has 0 bridgehead atoms. The van der Waals surface area contributed by atoms with Crippen molar-refractivity contribution in [2.75, 3.05) is 0 Å². The average molecular weight is 304 g/mol. The molecule has 1 heterocycles. The number of alkyl carbamates (subject to hydrolysis) is 1. The highest BCUT2D eigenvalue weighted by molar-refractivity contribution is 5.86. The van der Waals surface area contributed by atoms with E-state index in [9.17, 15) is 9.59 Å². The molecule has 2 N–H and O–H groups in total. The van der Waals surface area contributed by atoms with Crippen molar-refractivity contribution in [3.05, 3.63) is 35.9 Å². The quantitative estimate of drug-likeness (QED) is 0.882. The summed E-state index contributed by atoms with van der Waals surface area (Å²) < 4.78 is 5.23. The molecule has 3 unspecified atom stereocenters. The molecule has 1 aromatic rings. The lowest BCUT2D eigenvalue weighted by Crippen LogP contribution is -2.56. The number of hydrogen-bond donors (Lipinski definition) is 2. The van der Waals surface area contributed by atoms with Gasteiger partial charge in [0.15, 0.2) is 0 Å². The van der Waals surface area contributed by atoms with Crippen molar-refractivity contribution in [3.8, 4) is 0 Å². The second-order valence-corrected chi connectivity index (χ2v) is 6.75. The van der Waals surface area contributed by atoms with E-state index in [1.54, 1.807) is 20.8 Å². The topological polar surface area (TPSA) is 67.4 Å². The first-order chi connectivity index (χ1) is 10.3. The average Bonchev–Trinajstić information content (AvgIpc) is 2.41. The van der Waals surface area contributed by atoms with Crippen LogP contribution in [0.1, 0.15) is 45.6 Å². The lowest BCUT2D eigenvalue weighted by molar-refractivity contribution is -0.126. The molecule has 5 heteroatoms. The molecular formula is C17H24N2O3. The summed E-state index contributed by atoms with van der Waals surface area (Å²) in [7, 11) is 0. The van der Waals surface area contributed by atoms with Gasteiger partial charge in [0.25, 0.3) is 0 Å². The molecule has 1 aliphatic rings. The van der Waals surface area contributed by atoms with Gasteiger partial charge in [-0.3, -0.25) is 4.79 Å². The van der Waals surface area contributed by atoms with Crippen LogP contribution in [0.3, 0.4) is 0 Å². The Hall–Kier alpha value is -2.04. The Kier molecular flexibility index (Phi) is 4.74. The molecule has 0 spiro atoms. The Morgan fingerprint density at radius 1 is 1.27 bits per heavy atom. The van der Waals surface area contributed by atoms with Gasteiger partial charge < -0.3 is 15.4 Å². The van der Waals surface area contributed by atoms with Gasteiger partial charge in [-0.1, -0.05) is 30.3 Å². The van der Waals surface area contributed by atoms with Crippen molar-refractivity contribution in [2.45, 2.75) is 57.7 Å². The van der Waals surface area contributed by atoms with Crippen molar-refractivity contribution in [2.24, 2.45) is 0 Å². The van der Waals surface area contributed by atoms with Gasteiger partial charge in [0.05, 0.1) is 0 Å². The summed E-state index contributed by atoms with van der Waals surface area (Å²) >= 11 is 0. The molecule has 0 saturated carbocycles. The summed E-state index contributed by atoms with van der Waals surface area (Å²) in [6.45, 7) is 7.37.